The van der Waals surface area contributed by atoms with Crippen molar-refractivity contribution in [2.75, 3.05) is 5.32 Å². The van der Waals surface area contributed by atoms with Crippen LogP contribution >= 0.6 is 0 Å². The first kappa shape index (κ1) is 12.0. The molecule has 0 bridgehead atoms. The van der Waals surface area contributed by atoms with Crippen LogP contribution in [0, 0.1) is 12.8 Å². The molecule has 1 saturated carbocycles. The largest absolute Gasteiger partial charge is 0.318 e. The number of rotatable bonds is 4. The SMILES string of the molecule is Cc1cc(C(=O)Nc2cnn(CC3CC3)c2)n(C)n1. The van der Waals surface area contributed by atoms with E-state index in [-0.39, 0.29) is 5.91 Å². The predicted octanol–water partition coefficient (Wildman–Crippen LogP) is 1.59. The van der Waals surface area contributed by atoms with E-state index in [1.54, 1.807) is 24.0 Å². The maximum absolute atomic E-state index is 12.1. The monoisotopic (exact) mass is 259 g/mol. The summed E-state index contributed by atoms with van der Waals surface area (Å²) in [5.41, 5.74) is 2.11. The summed E-state index contributed by atoms with van der Waals surface area (Å²) in [6.07, 6.45) is 6.13. The maximum Gasteiger partial charge on any atom is 0.274 e. The Morgan fingerprint density at radius 2 is 2.32 bits per heavy atom. The fourth-order valence-electron chi connectivity index (χ4n) is 2.11. The highest BCUT2D eigenvalue weighted by molar-refractivity contribution is 6.02. The quantitative estimate of drug-likeness (QED) is 0.906. The van der Waals surface area contributed by atoms with E-state index in [0.29, 0.717) is 5.69 Å². The normalized spacial score (nSPS) is 14.6. The van der Waals surface area contributed by atoms with Crippen molar-refractivity contribution in [2.45, 2.75) is 26.3 Å². The minimum Gasteiger partial charge on any atom is -0.318 e. The van der Waals surface area contributed by atoms with Crippen molar-refractivity contribution in [2.24, 2.45) is 13.0 Å². The summed E-state index contributed by atoms with van der Waals surface area (Å²) in [5.74, 6) is 0.609. The molecule has 1 fully saturated rings. The topological polar surface area (TPSA) is 64.7 Å². The van der Waals surface area contributed by atoms with Gasteiger partial charge in [-0.05, 0) is 31.7 Å². The van der Waals surface area contributed by atoms with Gasteiger partial charge in [0.05, 0.1) is 17.6 Å². The Hall–Kier alpha value is -2.11. The first-order valence-electron chi connectivity index (χ1n) is 6.46. The Bertz CT molecular complexity index is 608. The van der Waals surface area contributed by atoms with Gasteiger partial charge >= 0.3 is 0 Å². The zero-order valence-electron chi connectivity index (χ0n) is 11.1. The number of hydrogen-bond donors (Lipinski definition) is 1. The lowest BCUT2D eigenvalue weighted by Gasteiger charge is -2.02. The highest BCUT2D eigenvalue weighted by Crippen LogP contribution is 2.30. The van der Waals surface area contributed by atoms with E-state index in [2.05, 4.69) is 15.5 Å². The van der Waals surface area contributed by atoms with Crippen molar-refractivity contribution in [3.63, 3.8) is 0 Å². The number of amides is 1. The van der Waals surface area contributed by atoms with Crippen LogP contribution in [0.1, 0.15) is 29.0 Å². The van der Waals surface area contributed by atoms with Gasteiger partial charge in [0.25, 0.3) is 5.91 Å². The third-order valence-electron chi connectivity index (χ3n) is 3.27. The number of aromatic nitrogens is 4. The molecule has 0 unspecified atom stereocenters. The summed E-state index contributed by atoms with van der Waals surface area (Å²) in [6.45, 7) is 2.81. The third-order valence-corrected chi connectivity index (χ3v) is 3.27. The van der Waals surface area contributed by atoms with E-state index in [9.17, 15) is 4.79 Å². The van der Waals surface area contributed by atoms with E-state index in [1.165, 1.54) is 12.8 Å². The lowest BCUT2D eigenvalue weighted by Crippen LogP contribution is -2.15. The van der Waals surface area contributed by atoms with Crippen molar-refractivity contribution < 1.29 is 4.79 Å². The van der Waals surface area contributed by atoms with Gasteiger partial charge in [-0.3, -0.25) is 14.2 Å². The summed E-state index contributed by atoms with van der Waals surface area (Å²) in [4.78, 5) is 12.1. The van der Waals surface area contributed by atoms with Gasteiger partial charge in [-0.15, -0.1) is 0 Å². The summed E-state index contributed by atoms with van der Waals surface area (Å²) in [7, 11) is 1.76. The van der Waals surface area contributed by atoms with Crippen molar-refractivity contribution in [3.8, 4) is 0 Å². The predicted molar refractivity (Wildman–Crippen MR) is 70.8 cm³/mol. The van der Waals surface area contributed by atoms with Crippen LogP contribution in [-0.2, 0) is 13.6 Å². The van der Waals surface area contributed by atoms with Crippen molar-refractivity contribution >= 4 is 11.6 Å². The lowest BCUT2D eigenvalue weighted by atomic mass is 10.3. The average molecular weight is 259 g/mol. The smallest absolute Gasteiger partial charge is 0.274 e. The number of hydrogen-bond acceptors (Lipinski definition) is 3. The molecule has 0 radical (unpaired) electrons. The molecule has 3 rings (SSSR count). The van der Waals surface area contributed by atoms with Crippen LogP contribution in [0.3, 0.4) is 0 Å². The average Bonchev–Trinajstić information content (AvgIpc) is 2.94. The summed E-state index contributed by atoms with van der Waals surface area (Å²) in [5, 5.41) is 11.3. The van der Waals surface area contributed by atoms with Crippen LogP contribution in [0.5, 0.6) is 0 Å². The van der Waals surface area contributed by atoms with Crippen molar-refractivity contribution in [3.05, 3.63) is 29.8 Å². The molecule has 0 spiro atoms. The minimum absolute atomic E-state index is 0.158. The fourth-order valence-corrected chi connectivity index (χ4v) is 2.11. The van der Waals surface area contributed by atoms with Crippen LogP contribution in [-0.4, -0.2) is 25.5 Å². The van der Waals surface area contributed by atoms with Crippen LogP contribution in [0.25, 0.3) is 0 Å². The van der Waals surface area contributed by atoms with Crippen LogP contribution in [0.4, 0.5) is 5.69 Å². The van der Waals surface area contributed by atoms with Crippen LogP contribution < -0.4 is 5.32 Å². The summed E-state index contributed by atoms with van der Waals surface area (Å²) in [6, 6.07) is 1.77. The molecule has 1 amide bonds. The third kappa shape index (κ3) is 2.67. The maximum atomic E-state index is 12.1. The minimum atomic E-state index is -0.158. The molecular weight excluding hydrogens is 242 g/mol. The number of anilines is 1. The molecule has 6 heteroatoms. The highest BCUT2D eigenvalue weighted by Gasteiger charge is 2.22. The molecule has 1 aliphatic rings. The molecule has 0 atom stereocenters. The first-order chi connectivity index (χ1) is 9.11. The van der Waals surface area contributed by atoms with E-state index >= 15 is 0 Å². The zero-order valence-corrected chi connectivity index (χ0v) is 11.1. The molecule has 1 aliphatic carbocycles. The molecule has 19 heavy (non-hydrogen) atoms. The number of aryl methyl sites for hydroxylation is 2. The number of carbonyl (C=O) groups excluding carboxylic acids is 1. The summed E-state index contributed by atoms with van der Waals surface area (Å²) >= 11 is 0. The second-order valence-corrected chi connectivity index (χ2v) is 5.14. The highest BCUT2D eigenvalue weighted by atomic mass is 16.2. The standard InChI is InChI=1S/C13H17N5O/c1-9-5-12(17(2)16-9)13(19)15-11-6-14-18(8-11)7-10-3-4-10/h5-6,8,10H,3-4,7H2,1-2H3,(H,15,19). The summed E-state index contributed by atoms with van der Waals surface area (Å²) < 4.78 is 3.47. The fraction of sp³-hybridized carbons (Fsp3) is 0.462. The zero-order chi connectivity index (χ0) is 13.4. The van der Waals surface area contributed by atoms with E-state index in [1.807, 2.05) is 17.8 Å². The molecule has 2 aromatic rings. The molecular formula is C13H17N5O. The van der Waals surface area contributed by atoms with Gasteiger partial charge in [0.15, 0.2) is 0 Å². The Morgan fingerprint density at radius 3 is 2.95 bits per heavy atom. The molecule has 6 nitrogen and oxygen atoms in total. The molecule has 0 aromatic carbocycles. The molecule has 0 aliphatic heterocycles. The van der Waals surface area contributed by atoms with Gasteiger partial charge in [-0.2, -0.15) is 10.2 Å². The Morgan fingerprint density at radius 1 is 1.53 bits per heavy atom. The van der Waals surface area contributed by atoms with Gasteiger partial charge in [-0.1, -0.05) is 0 Å². The van der Waals surface area contributed by atoms with Crippen LogP contribution in [0.15, 0.2) is 18.5 Å². The molecule has 2 aromatic heterocycles. The molecule has 0 saturated heterocycles. The van der Waals surface area contributed by atoms with E-state index < -0.39 is 0 Å². The number of nitrogens with zero attached hydrogens (tertiary/aromatic N) is 4. The Kier molecular flexibility index (Phi) is 2.85. The van der Waals surface area contributed by atoms with Gasteiger partial charge in [0, 0.05) is 19.8 Å². The van der Waals surface area contributed by atoms with Gasteiger partial charge in [-0.25, -0.2) is 0 Å². The van der Waals surface area contributed by atoms with Crippen molar-refractivity contribution in [1.82, 2.24) is 19.6 Å². The lowest BCUT2D eigenvalue weighted by molar-refractivity contribution is 0.101. The van der Waals surface area contributed by atoms with Gasteiger partial charge in [0.2, 0.25) is 0 Å². The molecule has 100 valence electrons. The van der Waals surface area contributed by atoms with Gasteiger partial charge < -0.3 is 5.32 Å². The molecule has 1 N–H and O–H groups in total. The number of carbonyl (C=O) groups is 1. The van der Waals surface area contributed by atoms with Gasteiger partial charge in [0.1, 0.15) is 5.69 Å². The van der Waals surface area contributed by atoms with E-state index in [0.717, 1.165) is 23.8 Å². The second kappa shape index (κ2) is 4.53. The van der Waals surface area contributed by atoms with E-state index in [4.69, 9.17) is 0 Å². The Balaban J connectivity index is 1.68. The van der Waals surface area contributed by atoms with Crippen LogP contribution in [0.2, 0.25) is 0 Å². The first-order valence-corrected chi connectivity index (χ1v) is 6.46. The Labute approximate surface area is 111 Å². The second-order valence-electron chi connectivity index (χ2n) is 5.14. The van der Waals surface area contributed by atoms with Crippen molar-refractivity contribution in [1.29, 1.82) is 0 Å². The molecule has 2 heterocycles. The number of nitrogens with one attached hydrogen (secondary N) is 1.